The Morgan fingerprint density at radius 1 is 0.548 bits per heavy atom. The van der Waals surface area contributed by atoms with Crippen LogP contribution in [0.5, 0.6) is 28.7 Å². The van der Waals surface area contributed by atoms with E-state index in [-0.39, 0.29) is 61.6 Å². The van der Waals surface area contributed by atoms with Crippen molar-refractivity contribution in [2.24, 2.45) is 0 Å². The summed E-state index contributed by atoms with van der Waals surface area (Å²) in [7, 11) is -3.26. The van der Waals surface area contributed by atoms with Gasteiger partial charge in [-0.15, -0.1) is 0 Å². The first-order valence-corrected chi connectivity index (χ1v) is 38.7. The number of fused-ring (bicyclic) bond motifs is 2. The minimum Gasteiger partial charge on any atom is -0.491 e. The van der Waals surface area contributed by atoms with Crippen LogP contribution >= 0.6 is 11.3 Å². The van der Waals surface area contributed by atoms with Crippen LogP contribution in [0.2, 0.25) is 0 Å². The van der Waals surface area contributed by atoms with E-state index in [1.54, 1.807) is 41.7 Å². The fourth-order valence-electron chi connectivity index (χ4n) is 10.3. The van der Waals surface area contributed by atoms with E-state index < -0.39 is 52.8 Å². The first kappa shape index (κ1) is 92.8. The molecule has 2 aliphatic carbocycles. The summed E-state index contributed by atoms with van der Waals surface area (Å²) in [5.74, 6) is 4.35. The van der Waals surface area contributed by atoms with Crippen LogP contribution in [0, 0.1) is 37.3 Å². The van der Waals surface area contributed by atoms with Gasteiger partial charge in [0.25, 0.3) is 0 Å². The number of sulfonamides is 1. The van der Waals surface area contributed by atoms with Crippen molar-refractivity contribution in [3.05, 3.63) is 179 Å². The summed E-state index contributed by atoms with van der Waals surface area (Å²) < 4.78 is 52.8. The minimum atomic E-state index is -3.26. The Morgan fingerprint density at radius 3 is 1.51 bits per heavy atom. The molecule has 0 aliphatic heterocycles. The number of rotatable bonds is 32. The van der Waals surface area contributed by atoms with Gasteiger partial charge in [-0.1, -0.05) is 140 Å². The van der Waals surface area contributed by atoms with Gasteiger partial charge >= 0.3 is 0 Å². The molecule has 586 valence electrons. The van der Waals surface area contributed by atoms with E-state index in [9.17, 15) is 44.2 Å². The van der Waals surface area contributed by atoms with Gasteiger partial charge in [-0.25, -0.2) is 8.42 Å². The molecule has 9 rings (SSSR count). The van der Waals surface area contributed by atoms with Crippen molar-refractivity contribution in [2.75, 3.05) is 76.7 Å². The van der Waals surface area contributed by atoms with Crippen LogP contribution in [0.4, 0.5) is 5.69 Å². The number of hydrogen-bond donors (Lipinski definition) is 14. The van der Waals surface area contributed by atoms with E-state index in [1.807, 2.05) is 170 Å². The molecule has 0 spiro atoms. The molecule has 2 aromatic heterocycles. The van der Waals surface area contributed by atoms with E-state index in [0.29, 0.717) is 112 Å². The van der Waals surface area contributed by atoms with Crippen LogP contribution in [0.1, 0.15) is 143 Å². The van der Waals surface area contributed by atoms with Gasteiger partial charge in [0.1, 0.15) is 74.7 Å². The molecule has 0 saturated heterocycles. The molecule has 1 saturated carbocycles. The molecular weight excluding hydrogens is 1510 g/mol. The number of aromatic nitrogens is 1. The van der Waals surface area contributed by atoms with Gasteiger partial charge in [0.2, 0.25) is 10.0 Å². The molecule has 0 amide bonds. The van der Waals surface area contributed by atoms with Gasteiger partial charge in [0, 0.05) is 140 Å². The number of aliphatic hydroxyl groups is 7. The van der Waals surface area contributed by atoms with Gasteiger partial charge in [0.05, 0.1) is 24.6 Å². The molecule has 104 heavy (non-hydrogen) atoms. The maximum atomic E-state index is 11.0. The zero-order chi connectivity index (χ0) is 76.0. The van der Waals surface area contributed by atoms with E-state index in [1.165, 1.54) is 31.2 Å². The van der Waals surface area contributed by atoms with E-state index >= 15 is 0 Å². The van der Waals surface area contributed by atoms with E-state index in [4.69, 9.17) is 23.7 Å². The van der Waals surface area contributed by atoms with E-state index in [2.05, 4.69) is 75.8 Å². The second kappa shape index (κ2) is 49.5. The van der Waals surface area contributed by atoms with Crippen molar-refractivity contribution in [2.45, 2.75) is 199 Å². The molecule has 7 aromatic rings. The number of hydrogen-bond acceptors (Lipinski definition) is 20. The molecule has 2 aliphatic rings. The second-order valence-corrected chi connectivity index (χ2v) is 31.4. The molecule has 14 N–H and O–H groups in total. The Hall–Kier alpha value is -5.40. The van der Waals surface area contributed by atoms with Crippen LogP contribution in [0.25, 0.3) is 10.9 Å². The quantitative estimate of drug-likeness (QED) is 0.0174. The number of para-hydroxylation sites is 3. The zero-order valence-corrected chi connectivity index (χ0v) is 66.9. The van der Waals surface area contributed by atoms with Crippen molar-refractivity contribution in [3.63, 3.8) is 0 Å². The number of nitrogens with one attached hydrogen (secondary N) is 7. The van der Waals surface area contributed by atoms with Gasteiger partial charge in [-0.2, -0.15) is 11.3 Å². The third-order valence-corrected chi connectivity index (χ3v) is 17.0. The third kappa shape index (κ3) is 40.0. The maximum Gasteiger partial charge on any atom is 0.229 e. The number of ether oxygens (including phenoxy) is 5. The predicted molar refractivity (Wildman–Crippen MR) is 419 cm³/mol. The Bertz CT molecular complexity index is 3490. The summed E-state index contributed by atoms with van der Waals surface area (Å²) in [6.45, 7) is 32.2. The number of anilines is 1. The van der Waals surface area contributed by atoms with Crippen LogP contribution < -0.4 is 55.0 Å². The van der Waals surface area contributed by atoms with Gasteiger partial charge in [0.15, 0.2) is 11.5 Å². The maximum absolute atomic E-state index is 11.0. The standard InChI is InChI=1S/C18H29NO2.C17H27NO4.C15H23NO3.C14H20N2O2.C12H20N2O3S.C4H4S.Er/c1-18(2,3)19-12-15(20)13-21-17-11-7-6-10-16(17)14-8-4-5-9-14;1-17(2,3)18-9-12(19)10-22-16-6-4-5-11-7-14(20)15(21)8-13(11)16;1-4-9-18-14-7-5-6-8-15(14)19-11-13(17)10-16-12(2)3;1-10(2)16-8-11(17)9-18-14-5-3-4-13-12(14)6-7-15-13;1-9(2)13-8-12(15)10-4-6-11(7-5-10)14-18(3,16)17;1-2-4-5-3-1;/h6-7,10-11,14-15,19-20H,4-5,8-9,12-13H2,1-3H3;4-6,12,14-15,18-21H,7-10H2,1-3H3;4-8,12-13,16-17H,1,9-11H2,2-3H3;3-7,10-11,15-17H,8-9H2,1-2H3;4-7,9,12-15H,8H2,1-3H3;1-4H;/t15-;12?,14-,15+;;;;;/m01...../s1. The summed E-state index contributed by atoms with van der Waals surface area (Å²) >= 11 is 1.71. The van der Waals surface area contributed by atoms with Crippen molar-refractivity contribution < 1.29 is 105 Å². The van der Waals surface area contributed by atoms with E-state index in [0.717, 1.165) is 45.3 Å². The first-order chi connectivity index (χ1) is 48.8. The van der Waals surface area contributed by atoms with Crippen LogP contribution in [-0.4, -0.2) is 187 Å². The number of benzene rings is 5. The number of H-pyrrole nitrogens is 1. The SMILES string of the molecule is C=CCOc1ccccc1OCC(O)CNC(C)C.CC(C)(C)NCC(O)COc1cccc2c1C[C@H](O)[C@H](O)C2.CC(C)(C)NC[C@H](O)COc1ccccc1C1CCCC1.CC(C)NCC(O)COc1cccc2[nH]ccc12.CC(C)NCC(O)c1ccc(NS(C)(=O)=O)cc1.[Er].c1ccsc1. The van der Waals surface area contributed by atoms with Crippen molar-refractivity contribution >= 4 is 38.0 Å². The Labute approximate surface area is 654 Å². The minimum absolute atomic E-state index is 0. The number of thiophene rings is 1. The Balaban J connectivity index is 0.000000331. The largest absolute Gasteiger partial charge is 0.491 e. The number of aliphatic hydroxyl groups excluding tert-OH is 7. The normalized spacial score (nSPS) is 15.7. The van der Waals surface area contributed by atoms with Crippen molar-refractivity contribution in [1.82, 2.24) is 31.6 Å². The Kier molecular flexibility index (Phi) is 44.2. The average Bonchev–Trinajstić information content (AvgIpc) is 0.971. The molecule has 0 bridgehead atoms. The first-order valence-electron chi connectivity index (χ1n) is 35.9. The van der Waals surface area contributed by atoms with Crippen LogP contribution in [0.15, 0.2) is 157 Å². The summed E-state index contributed by atoms with van der Waals surface area (Å²) in [5.41, 5.74) is 5.49. The molecule has 2 heterocycles. The summed E-state index contributed by atoms with van der Waals surface area (Å²) in [6, 6.07) is 40.9. The fourth-order valence-corrected chi connectivity index (χ4v) is 11.3. The average molecular weight is 1640 g/mol. The Morgan fingerprint density at radius 2 is 1.00 bits per heavy atom. The summed E-state index contributed by atoms with van der Waals surface area (Å²) in [6.07, 6.45) is 6.41. The number of aromatic amines is 1. The van der Waals surface area contributed by atoms with Crippen molar-refractivity contribution in [3.8, 4) is 28.7 Å². The van der Waals surface area contributed by atoms with Crippen LogP contribution in [-0.2, 0) is 22.9 Å². The third-order valence-electron chi connectivity index (χ3n) is 15.7. The van der Waals surface area contributed by atoms with Gasteiger partial charge < -0.3 is 91.0 Å². The van der Waals surface area contributed by atoms with Gasteiger partial charge in [-0.3, -0.25) is 4.72 Å². The molecule has 21 nitrogen and oxygen atoms in total. The second-order valence-electron chi connectivity index (χ2n) is 28.8. The molecule has 5 aromatic carbocycles. The smallest absolute Gasteiger partial charge is 0.229 e. The fraction of sp³-hybridized carbons (Fsp3) is 0.525. The predicted octanol–water partition coefficient (Wildman–Crippen LogP) is 10.8. The molecule has 4 unspecified atom stereocenters. The van der Waals surface area contributed by atoms with Crippen LogP contribution in [0.3, 0.4) is 0 Å². The topological polar surface area (TPSA) is 310 Å². The summed E-state index contributed by atoms with van der Waals surface area (Å²) in [4.78, 5) is 3.13. The number of β-amino-alcohol motifs (C(OH)–C–C–N with tert-alkyl or cyclic N) is 2. The zero-order valence-electron chi connectivity index (χ0n) is 63.4. The molecular formula is C80H123ErN7O14S2. The summed E-state index contributed by atoms with van der Waals surface area (Å²) in [5, 5.41) is 90.2. The monoisotopic (exact) mass is 1640 g/mol. The molecule has 24 heteroatoms. The molecule has 1 fully saturated rings. The van der Waals surface area contributed by atoms with Crippen molar-refractivity contribution in [1.29, 1.82) is 0 Å². The van der Waals surface area contributed by atoms with Gasteiger partial charge in [-0.05, 0) is 142 Å². The molecule has 0 radical (unpaired) electrons. The molecule has 7 atom stereocenters.